The number of hydrogen-bond donors (Lipinski definition) is 1. The monoisotopic (exact) mass is 287 g/mol. The summed E-state index contributed by atoms with van der Waals surface area (Å²) < 4.78 is 5.55. The number of nitrogens with zero attached hydrogens (tertiary/aromatic N) is 2. The van der Waals surface area contributed by atoms with Crippen LogP contribution in [0.3, 0.4) is 0 Å². The number of nitrogens with one attached hydrogen (secondary N) is 1. The first-order valence-electron chi connectivity index (χ1n) is 7.67. The molecule has 0 aliphatic carbocycles. The zero-order valence-electron chi connectivity index (χ0n) is 13.2. The van der Waals surface area contributed by atoms with Crippen molar-refractivity contribution >= 4 is 0 Å². The van der Waals surface area contributed by atoms with Crippen molar-refractivity contribution in [2.75, 3.05) is 33.3 Å². The molecule has 1 aromatic carbocycles. The second-order valence-electron chi connectivity index (χ2n) is 5.82. The maximum Gasteiger partial charge on any atom is 0.123 e. The molecule has 0 amide bonds. The molecule has 1 heterocycles. The van der Waals surface area contributed by atoms with Crippen LogP contribution in [0.1, 0.15) is 43.4 Å². The van der Waals surface area contributed by atoms with Gasteiger partial charge in [0.15, 0.2) is 0 Å². The molecule has 1 aliphatic rings. The predicted molar refractivity (Wildman–Crippen MR) is 84.5 cm³/mol. The van der Waals surface area contributed by atoms with Gasteiger partial charge in [-0.15, -0.1) is 0 Å². The molecule has 0 saturated carbocycles. The topological polar surface area (TPSA) is 48.3 Å². The lowest BCUT2D eigenvalue weighted by Gasteiger charge is -2.35. The summed E-state index contributed by atoms with van der Waals surface area (Å²) in [4.78, 5) is 2.39. The highest BCUT2D eigenvalue weighted by molar-refractivity contribution is 5.41. The zero-order chi connectivity index (χ0) is 15.2. The van der Waals surface area contributed by atoms with Crippen LogP contribution in [-0.4, -0.2) is 38.2 Å². The highest BCUT2D eigenvalue weighted by atomic mass is 16.5. The van der Waals surface area contributed by atoms with Gasteiger partial charge in [-0.25, -0.2) is 0 Å². The third kappa shape index (κ3) is 3.75. The standard InChI is InChI=1S/C17H25N3O/c1-13(2)14-4-5-17(21-3)15(12-14)16(6-7-18)20-10-8-19-9-11-20/h4-5,12-13,16,19H,6,8-11H2,1-3H3/t16-/m0/s1. The van der Waals surface area contributed by atoms with Gasteiger partial charge in [-0.2, -0.15) is 5.26 Å². The van der Waals surface area contributed by atoms with Crippen molar-refractivity contribution in [2.24, 2.45) is 0 Å². The molecule has 1 N–H and O–H groups in total. The van der Waals surface area contributed by atoms with Crippen LogP contribution in [0.2, 0.25) is 0 Å². The van der Waals surface area contributed by atoms with E-state index in [0.717, 1.165) is 37.5 Å². The quantitative estimate of drug-likeness (QED) is 0.904. The smallest absolute Gasteiger partial charge is 0.123 e. The van der Waals surface area contributed by atoms with Crippen molar-refractivity contribution in [2.45, 2.75) is 32.2 Å². The van der Waals surface area contributed by atoms with Crippen LogP contribution < -0.4 is 10.1 Å². The SMILES string of the molecule is COc1ccc(C(C)C)cc1[C@H](CC#N)N1CCNCC1. The van der Waals surface area contributed by atoms with Gasteiger partial charge in [0, 0.05) is 31.7 Å². The summed E-state index contributed by atoms with van der Waals surface area (Å²) in [6, 6.07) is 8.84. The molecule has 1 fully saturated rings. The van der Waals surface area contributed by atoms with E-state index in [2.05, 4.69) is 42.3 Å². The normalized spacial score (nSPS) is 17.5. The summed E-state index contributed by atoms with van der Waals surface area (Å²) in [6.07, 6.45) is 0.498. The molecular weight excluding hydrogens is 262 g/mol. The second kappa shape index (κ2) is 7.44. The van der Waals surface area contributed by atoms with Gasteiger partial charge in [-0.05, 0) is 17.5 Å². The summed E-state index contributed by atoms with van der Waals surface area (Å²) >= 11 is 0. The Hall–Kier alpha value is -1.57. The summed E-state index contributed by atoms with van der Waals surface area (Å²) in [5.41, 5.74) is 2.44. The Bertz CT molecular complexity index is 501. The molecule has 0 spiro atoms. The molecule has 1 saturated heterocycles. The Morgan fingerprint density at radius 1 is 1.33 bits per heavy atom. The van der Waals surface area contributed by atoms with Crippen LogP contribution in [0.5, 0.6) is 5.75 Å². The van der Waals surface area contributed by atoms with E-state index in [4.69, 9.17) is 4.74 Å². The van der Waals surface area contributed by atoms with Crippen molar-refractivity contribution in [1.29, 1.82) is 5.26 Å². The minimum Gasteiger partial charge on any atom is -0.496 e. The van der Waals surface area contributed by atoms with E-state index >= 15 is 0 Å². The average molecular weight is 287 g/mol. The Balaban J connectivity index is 2.37. The van der Waals surface area contributed by atoms with E-state index in [1.807, 2.05) is 6.07 Å². The van der Waals surface area contributed by atoms with Crippen LogP contribution >= 0.6 is 0 Å². The minimum absolute atomic E-state index is 0.116. The lowest BCUT2D eigenvalue weighted by atomic mass is 9.94. The number of piperazine rings is 1. The number of rotatable bonds is 5. The molecule has 114 valence electrons. The van der Waals surface area contributed by atoms with Crippen molar-refractivity contribution in [1.82, 2.24) is 10.2 Å². The Morgan fingerprint density at radius 3 is 2.62 bits per heavy atom. The number of nitriles is 1. The average Bonchev–Trinajstić information content (AvgIpc) is 2.52. The highest BCUT2D eigenvalue weighted by Gasteiger charge is 2.25. The zero-order valence-corrected chi connectivity index (χ0v) is 13.2. The van der Waals surface area contributed by atoms with E-state index < -0.39 is 0 Å². The molecule has 0 radical (unpaired) electrons. The number of methoxy groups -OCH3 is 1. The van der Waals surface area contributed by atoms with Crippen LogP contribution in [0.4, 0.5) is 0 Å². The predicted octanol–water partition coefficient (Wildman–Crippen LogP) is 2.68. The molecule has 1 aliphatic heterocycles. The van der Waals surface area contributed by atoms with Crippen molar-refractivity contribution in [3.8, 4) is 11.8 Å². The van der Waals surface area contributed by atoms with E-state index in [1.165, 1.54) is 5.56 Å². The van der Waals surface area contributed by atoms with E-state index in [0.29, 0.717) is 12.3 Å². The fraction of sp³-hybridized carbons (Fsp3) is 0.588. The van der Waals surface area contributed by atoms with Gasteiger partial charge in [0.05, 0.1) is 25.6 Å². The largest absolute Gasteiger partial charge is 0.496 e. The molecule has 1 atom stereocenters. The molecular formula is C17H25N3O. The maximum atomic E-state index is 9.24. The summed E-state index contributed by atoms with van der Waals surface area (Å²) in [7, 11) is 1.70. The van der Waals surface area contributed by atoms with Gasteiger partial charge >= 0.3 is 0 Å². The lowest BCUT2D eigenvalue weighted by Crippen LogP contribution is -2.45. The van der Waals surface area contributed by atoms with E-state index in [-0.39, 0.29) is 6.04 Å². The van der Waals surface area contributed by atoms with Crippen molar-refractivity contribution in [3.63, 3.8) is 0 Å². The van der Waals surface area contributed by atoms with Gasteiger partial charge in [0.1, 0.15) is 5.75 Å². The Labute approximate surface area is 127 Å². The van der Waals surface area contributed by atoms with Gasteiger partial charge in [-0.3, -0.25) is 4.90 Å². The molecule has 4 heteroatoms. The number of hydrogen-bond acceptors (Lipinski definition) is 4. The molecule has 1 aromatic rings. The molecule has 0 unspecified atom stereocenters. The molecule has 21 heavy (non-hydrogen) atoms. The van der Waals surface area contributed by atoms with Gasteiger partial charge < -0.3 is 10.1 Å². The van der Waals surface area contributed by atoms with Gasteiger partial charge in [-0.1, -0.05) is 26.0 Å². The first-order valence-corrected chi connectivity index (χ1v) is 7.67. The van der Waals surface area contributed by atoms with Crippen LogP contribution in [0.15, 0.2) is 18.2 Å². The van der Waals surface area contributed by atoms with Crippen molar-refractivity contribution < 1.29 is 4.74 Å². The first kappa shape index (κ1) is 15.8. The lowest BCUT2D eigenvalue weighted by molar-refractivity contribution is 0.172. The fourth-order valence-corrected chi connectivity index (χ4v) is 2.89. The minimum atomic E-state index is 0.116. The maximum absolute atomic E-state index is 9.24. The van der Waals surface area contributed by atoms with Crippen LogP contribution in [-0.2, 0) is 0 Å². The van der Waals surface area contributed by atoms with Gasteiger partial charge in [0.2, 0.25) is 0 Å². The van der Waals surface area contributed by atoms with E-state index in [9.17, 15) is 5.26 Å². The van der Waals surface area contributed by atoms with Gasteiger partial charge in [0.25, 0.3) is 0 Å². The third-order valence-electron chi connectivity index (χ3n) is 4.16. The van der Waals surface area contributed by atoms with E-state index in [1.54, 1.807) is 7.11 Å². The van der Waals surface area contributed by atoms with Crippen LogP contribution in [0, 0.1) is 11.3 Å². The fourth-order valence-electron chi connectivity index (χ4n) is 2.89. The number of benzene rings is 1. The Morgan fingerprint density at radius 2 is 2.05 bits per heavy atom. The first-order chi connectivity index (χ1) is 10.2. The summed E-state index contributed by atoms with van der Waals surface area (Å²) in [5, 5.41) is 12.6. The Kier molecular flexibility index (Phi) is 5.60. The summed E-state index contributed by atoms with van der Waals surface area (Å²) in [5.74, 6) is 1.36. The molecule has 2 rings (SSSR count). The summed E-state index contributed by atoms with van der Waals surface area (Å²) in [6.45, 7) is 8.29. The highest BCUT2D eigenvalue weighted by Crippen LogP contribution is 2.34. The molecule has 0 aromatic heterocycles. The van der Waals surface area contributed by atoms with Crippen molar-refractivity contribution in [3.05, 3.63) is 29.3 Å². The third-order valence-corrected chi connectivity index (χ3v) is 4.16. The second-order valence-corrected chi connectivity index (χ2v) is 5.82. The molecule has 4 nitrogen and oxygen atoms in total. The molecule has 0 bridgehead atoms. The number of ether oxygens (including phenoxy) is 1. The van der Waals surface area contributed by atoms with Crippen LogP contribution in [0.25, 0.3) is 0 Å².